The molecule has 0 bridgehead atoms. The second-order valence-electron chi connectivity index (χ2n) is 13.3. The predicted octanol–water partition coefficient (Wildman–Crippen LogP) is 8.43. The highest BCUT2D eigenvalue weighted by atomic mass is 19.2. The van der Waals surface area contributed by atoms with E-state index >= 15 is 35.1 Å². The fraction of sp³-hybridized carbons (Fsp3) is 0.0250. The minimum atomic E-state index is -7.22. The number of rotatable bonds is 6. The van der Waals surface area contributed by atoms with Crippen LogP contribution in [0.2, 0.25) is 0 Å². The molecule has 0 saturated carbocycles. The van der Waals surface area contributed by atoms with E-state index in [9.17, 15) is 62.9 Å². The smallest absolute Gasteiger partial charge is 0.373 e. The Labute approximate surface area is 342 Å². The second kappa shape index (κ2) is 16.9. The highest BCUT2D eigenvalue weighted by molar-refractivity contribution is 7.20. The first-order valence-electron chi connectivity index (χ1n) is 17.1. The molecule has 0 amide bonds. The van der Waals surface area contributed by atoms with Gasteiger partial charge in [0.1, 0.15) is 58.4 Å². The van der Waals surface area contributed by atoms with Gasteiger partial charge in [0.15, 0.2) is 82.5 Å². The van der Waals surface area contributed by atoms with Crippen molar-refractivity contribution in [2.75, 3.05) is 0 Å². The summed E-state index contributed by atoms with van der Waals surface area (Å²) < 4.78 is 296. The van der Waals surface area contributed by atoms with Gasteiger partial charge < -0.3 is 10.2 Å². The quantitative estimate of drug-likeness (QED) is 0.0579. The summed E-state index contributed by atoms with van der Waals surface area (Å²) in [5, 5.41) is 21.3. The molecule has 0 spiro atoms. The fourth-order valence-corrected chi connectivity index (χ4v) is 7.07. The minimum Gasteiger partial charge on any atom is -0.508 e. The molecular formula is C40H14BF20NO2. The van der Waals surface area contributed by atoms with Gasteiger partial charge in [0.25, 0.3) is 0 Å². The average molecular weight is 931 g/mol. The Morgan fingerprint density at radius 3 is 0.969 bits per heavy atom. The summed E-state index contributed by atoms with van der Waals surface area (Å²) in [4.78, 5) is 0. The summed E-state index contributed by atoms with van der Waals surface area (Å²) in [5.74, 6) is -71.0. The molecule has 24 heteroatoms. The lowest BCUT2D eigenvalue weighted by molar-refractivity contribution is -0.692. The van der Waals surface area contributed by atoms with E-state index in [0.29, 0.717) is 6.54 Å². The minimum absolute atomic E-state index is 0.202. The van der Waals surface area contributed by atoms with Gasteiger partial charge in [0.05, 0.1) is 5.39 Å². The zero-order valence-corrected chi connectivity index (χ0v) is 30.5. The van der Waals surface area contributed by atoms with Gasteiger partial charge in [0.2, 0.25) is 0 Å². The van der Waals surface area contributed by atoms with Crippen molar-refractivity contribution in [1.82, 2.24) is 0 Å². The largest absolute Gasteiger partial charge is 0.508 e. The summed E-state index contributed by atoms with van der Waals surface area (Å²) in [5.41, 5.74) is -13.2. The summed E-state index contributed by atoms with van der Waals surface area (Å²) >= 11 is 0. The molecule has 64 heavy (non-hydrogen) atoms. The van der Waals surface area contributed by atoms with E-state index in [4.69, 9.17) is 0 Å². The van der Waals surface area contributed by atoms with Crippen LogP contribution < -0.4 is 26.4 Å². The number of nitrogens with zero attached hydrogens (tertiary/aromatic N) is 1. The van der Waals surface area contributed by atoms with E-state index in [-0.39, 0.29) is 11.6 Å². The second-order valence-corrected chi connectivity index (χ2v) is 13.3. The van der Waals surface area contributed by atoms with Crippen molar-refractivity contribution < 1.29 is 103 Å². The van der Waals surface area contributed by atoms with Crippen LogP contribution in [0.15, 0.2) is 60.8 Å². The summed E-state index contributed by atoms with van der Waals surface area (Å²) in [6, 6.07) is 16.8. The standard InChI is InChI=1S/C24BF20.C16H13NO2/c26-5-1(6(27)14(35)21(42)13(5)34)25(2-7(28)15(36)22(43)16(37)8(2)29,3-9(30)17(38)23(44)18(39)10(3)31)4-11(32)19(40)24(45)20(41)12(4)33;18-14-6-7-15-13(10-14)8-9-17(16(15)19)11-12-4-2-1-3-5-12/h;1-10H,11H2,(H,18,19)/q-1;/p+1. The number of hydrogen-bond acceptors (Lipinski definition) is 2. The number of halogens is 20. The van der Waals surface area contributed by atoms with Crippen molar-refractivity contribution in [2.45, 2.75) is 6.54 Å². The number of aromatic nitrogens is 1. The van der Waals surface area contributed by atoms with Gasteiger partial charge >= 0.3 is 5.88 Å². The van der Waals surface area contributed by atoms with Gasteiger partial charge in [-0.15, -0.1) is 21.9 Å². The van der Waals surface area contributed by atoms with Gasteiger partial charge in [-0.2, -0.15) is 4.57 Å². The van der Waals surface area contributed by atoms with E-state index in [2.05, 4.69) is 0 Å². The third kappa shape index (κ3) is 7.03. The zero-order chi connectivity index (χ0) is 47.6. The summed E-state index contributed by atoms with van der Waals surface area (Å²) in [7, 11) is 0. The van der Waals surface area contributed by atoms with E-state index in [1.165, 1.54) is 0 Å². The number of pyridine rings is 1. The van der Waals surface area contributed by atoms with E-state index in [0.717, 1.165) is 16.3 Å². The lowest BCUT2D eigenvalue weighted by atomic mass is 9.12. The molecule has 0 saturated heterocycles. The third-order valence-corrected chi connectivity index (χ3v) is 9.88. The number of aromatic hydroxyl groups is 2. The molecule has 0 fully saturated rings. The van der Waals surface area contributed by atoms with E-state index in [1.807, 2.05) is 42.6 Å². The Morgan fingerprint density at radius 2 is 0.656 bits per heavy atom. The number of hydrogen-bond donors (Lipinski definition) is 2. The molecule has 1 aromatic heterocycles. The van der Waals surface area contributed by atoms with Crippen LogP contribution in [0.1, 0.15) is 5.56 Å². The van der Waals surface area contributed by atoms with Crippen LogP contribution in [0, 0.1) is 116 Å². The van der Waals surface area contributed by atoms with Crippen LogP contribution in [0.3, 0.4) is 0 Å². The molecule has 3 nitrogen and oxygen atoms in total. The maximum absolute atomic E-state index is 15.4. The van der Waals surface area contributed by atoms with Crippen molar-refractivity contribution >= 4 is 38.8 Å². The van der Waals surface area contributed by atoms with Crippen molar-refractivity contribution in [3.05, 3.63) is 183 Å². The van der Waals surface area contributed by atoms with Crippen molar-refractivity contribution in [1.29, 1.82) is 0 Å². The zero-order valence-electron chi connectivity index (χ0n) is 30.5. The molecule has 6 aromatic carbocycles. The highest BCUT2D eigenvalue weighted by Crippen LogP contribution is 2.31. The predicted molar refractivity (Wildman–Crippen MR) is 182 cm³/mol. The molecule has 0 aliphatic carbocycles. The number of phenols is 1. The van der Waals surface area contributed by atoms with Crippen molar-refractivity contribution in [3.8, 4) is 11.6 Å². The van der Waals surface area contributed by atoms with Crippen LogP contribution in [0.4, 0.5) is 87.8 Å². The molecule has 7 aromatic rings. The Hall–Kier alpha value is -7.01. The number of phenolic OH excluding ortho intramolecular Hbond substituents is 1. The summed E-state index contributed by atoms with van der Waals surface area (Å²) in [6.45, 7) is 0.615. The first-order valence-corrected chi connectivity index (χ1v) is 17.1. The van der Waals surface area contributed by atoms with Crippen LogP contribution in [-0.4, -0.2) is 16.4 Å². The number of fused-ring (bicyclic) bond motifs is 1. The molecule has 0 atom stereocenters. The monoisotopic (exact) mass is 931 g/mol. The lowest BCUT2D eigenvalue weighted by Gasteiger charge is -2.44. The SMILES string of the molecule is Fc1c(F)c(F)c([B-](c2c(F)c(F)c(F)c(F)c2F)(c2c(F)c(F)c(F)c(F)c2F)c2c(F)c(F)c(F)c(F)c2F)c(F)c1F.Oc1ccc2c(O)[n+](Cc3ccccc3)ccc2c1. The van der Waals surface area contributed by atoms with Crippen molar-refractivity contribution in [2.24, 2.45) is 0 Å². The van der Waals surface area contributed by atoms with Gasteiger partial charge in [-0.1, -0.05) is 30.3 Å². The Morgan fingerprint density at radius 1 is 0.359 bits per heavy atom. The van der Waals surface area contributed by atoms with Crippen LogP contribution in [-0.2, 0) is 6.54 Å². The maximum Gasteiger partial charge on any atom is 0.373 e. The Balaban J connectivity index is 0.000000295. The third-order valence-electron chi connectivity index (χ3n) is 9.88. The molecule has 1 heterocycles. The first kappa shape index (κ1) is 46.5. The Kier molecular flexibility index (Phi) is 12.3. The number of benzene rings is 6. The normalized spacial score (nSPS) is 11.6. The van der Waals surface area contributed by atoms with Gasteiger partial charge in [-0.05, 0) is 18.2 Å². The van der Waals surface area contributed by atoms with Gasteiger partial charge in [0, 0.05) is 17.0 Å². The molecule has 0 unspecified atom stereocenters. The van der Waals surface area contributed by atoms with E-state index in [1.54, 1.807) is 22.8 Å². The molecule has 2 N–H and O–H groups in total. The van der Waals surface area contributed by atoms with Crippen LogP contribution >= 0.6 is 0 Å². The molecule has 0 aliphatic heterocycles. The lowest BCUT2D eigenvalue weighted by Crippen LogP contribution is -2.81. The molecule has 0 radical (unpaired) electrons. The van der Waals surface area contributed by atoms with Crippen molar-refractivity contribution in [3.63, 3.8) is 0 Å². The van der Waals surface area contributed by atoms with Crippen LogP contribution in [0.25, 0.3) is 10.8 Å². The average Bonchev–Trinajstić information content (AvgIpc) is 3.27. The maximum atomic E-state index is 15.4. The topological polar surface area (TPSA) is 44.3 Å². The molecule has 0 aliphatic rings. The molecule has 7 rings (SSSR count). The highest BCUT2D eigenvalue weighted by Gasteiger charge is 2.52. The molecule has 334 valence electrons. The molecular weight excluding hydrogens is 917 g/mol. The van der Waals surface area contributed by atoms with E-state index < -0.39 is 144 Å². The van der Waals surface area contributed by atoms with Gasteiger partial charge in [-0.3, -0.25) is 0 Å². The van der Waals surface area contributed by atoms with Gasteiger partial charge in [-0.25, -0.2) is 87.8 Å². The Bertz CT molecular complexity index is 2680. The summed E-state index contributed by atoms with van der Waals surface area (Å²) in [6.07, 6.45) is -5.39. The first-order chi connectivity index (χ1) is 29.9. The fourth-order valence-electron chi connectivity index (χ4n) is 7.07. The van der Waals surface area contributed by atoms with Crippen LogP contribution in [0.5, 0.6) is 11.6 Å².